The quantitative estimate of drug-likeness (QED) is 0.176. The van der Waals surface area contributed by atoms with E-state index < -0.39 is 23.5 Å². The lowest BCUT2D eigenvalue weighted by molar-refractivity contribution is -0.132. The first kappa shape index (κ1) is 21.0. The van der Waals surface area contributed by atoms with Crippen LogP contribution < -0.4 is 14.2 Å². The number of nitrogens with zero attached hydrogens (tertiary/aromatic N) is 3. The molecule has 2 heterocycles. The Kier molecular flexibility index (Phi) is 4.73. The number of hydrogen-bond donors (Lipinski definition) is 0. The van der Waals surface area contributed by atoms with Crippen LogP contribution in [-0.2, 0) is 19.9 Å². The van der Waals surface area contributed by atoms with Crippen LogP contribution in [0.2, 0.25) is 0 Å². The van der Waals surface area contributed by atoms with Crippen molar-refractivity contribution in [2.24, 2.45) is 5.11 Å². The molecule has 34 heavy (non-hydrogen) atoms. The summed E-state index contributed by atoms with van der Waals surface area (Å²) in [5.74, 6) is -0.884. The van der Waals surface area contributed by atoms with E-state index in [-0.39, 0.29) is 22.7 Å². The van der Waals surface area contributed by atoms with E-state index in [9.17, 15) is 14.4 Å². The molecular formula is C24H15N3O7. The van der Waals surface area contributed by atoms with E-state index in [1.54, 1.807) is 36.4 Å². The van der Waals surface area contributed by atoms with Crippen LogP contribution in [0.1, 0.15) is 40.9 Å². The summed E-state index contributed by atoms with van der Waals surface area (Å²) in [7, 11) is 0. The van der Waals surface area contributed by atoms with E-state index in [2.05, 4.69) is 10.0 Å². The fraction of sp³-hybridized carbons (Fsp3) is 0.125. The van der Waals surface area contributed by atoms with Gasteiger partial charge in [0.15, 0.2) is 5.60 Å². The van der Waals surface area contributed by atoms with Gasteiger partial charge in [-0.3, -0.25) is 9.59 Å². The SMILES string of the molecule is CC(=O)Oc1ccc2c(c1)Oc1ccccc1C21OC(=O)c2cc(OC(C)=O)c(N=[N+]=[N-])cc21. The third-order valence-corrected chi connectivity index (χ3v) is 5.43. The molecule has 1 spiro atoms. The van der Waals surface area contributed by atoms with Gasteiger partial charge in [-0.05, 0) is 35.9 Å². The van der Waals surface area contributed by atoms with E-state index in [0.717, 1.165) is 0 Å². The summed E-state index contributed by atoms with van der Waals surface area (Å²) in [5.41, 5.74) is 9.16. The highest BCUT2D eigenvalue weighted by atomic mass is 16.6. The molecular weight excluding hydrogens is 442 g/mol. The smallest absolute Gasteiger partial charge is 0.340 e. The molecule has 10 nitrogen and oxygen atoms in total. The van der Waals surface area contributed by atoms with E-state index >= 15 is 0 Å². The van der Waals surface area contributed by atoms with Crippen LogP contribution in [0.15, 0.2) is 59.7 Å². The molecule has 0 bridgehead atoms. The Morgan fingerprint density at radius 2 is 1.68 bits per heavy atom. The van der Waals surface area contributed by atoms with Crippen LogP contribution in [-0.4, -0.2) is 17.9 Å². The number of carbonyl (C=O) groups excluding carboxylic acids is 3. The molecule has 0 fully saturated rings. The lowest BCUT2D eigenvalue weighted by Crippen LogP contribution is -2.33. The van der Waals surface area contributed by atoms with Crippen LogP contribution >= 0.6 is 0 Å². The predicted molar refractivity (Wildman–Crippen MR) is 116 cm³/mol. The summed E-state index contributed by atoms with van der Waals surface area (Å²) in [6.45, 7) is 2.47. The third kappa shape index (κ3) is 3.13. The molecule has 0 N–H and O–H groups in total. The molecule has 1 unspecified atom stereocenters. The number of hydrogen-bond acceptors (Lipinski definition) is 8. The normalized spacial score (nSPS) is 16.8. The molecule has 0 saturated carbocycles. The lowest BCUT2D eigenvalue weighted by Gasteiger charge is -2.36. The van der Waals surface area contributed by atoms with Gasteiger partial charge in [0.1, 0.15) is 23.0 Å². The van der Waals surface area contributed by atoms with Gasteiger partial charge in [0.05, 0.1) is 11.3 Å². The zero-order valence-electron chi connectivity index (χ0n) is 17.9. The maximum Gasteiger partial charge on any atom is 0.340 e. The van der Waals surface area contributed by atoms with Gasteiger partial charge < -0.3 is 18.9 Å². The minimum absolute atomic E-state index is 0.0104. The maximum absolute atomic E-state index is 13.1. The van der Waals surface area contributed by atoms with Crippen LogP contribution in [0.25, 0.3) is 10.4 Å². The number of azide groups is 1. The van der Waals surface area contributed by atoms with Crippen molar-refractivity contribution in [3.8, 4) is 23.0 Å². The molecule has 0 radical (unpaired) electrons. The molecule has 2 aliphatic heterocycles. The Bertz CT molecular complexity index is 1460. The van der Waals surface area contributed by atoms with E-state index in [4.69, 9.17) is 24.5 Å². The zero-order chi connectivity index (χ0) is 24.0. The summed E-state index contributed by atoms with van der Waals surface area (Å²) in [4.78, 5) is 38.9. The Hall–Kier alpha value is -4.82. The Balaban J connectivity index is 1.81. The third-order valence-electron chi connectivity index (χ3n) is 5.43. The van der Waals surface area contributed by atoms with Crippen molar-refractivity contribution in [1.82, 2.24) is 0 Å². The predicted octanol–water partition coefficient (Wildman–Crippen LogP) is 5.05. The van der Waals surface area contributed by atoms with Crippen LogP contribution in [0.5, 0.6) is 23.0 Å². The van der Waals surface area contributed by atoms with Crippen molar-refractivity contribution in [3.63, 3.8) is 0 Å². The fourth-order valence-corrected chi connectivity index (χ4v) is 4.26. The van der Waals surface area contributed by atoms with E-state index in [1.165, 1.54) is 32.0 Å². The molecule has 168 valence electrons. The second-order valence-electron chi connectivity index (χ2n) is 7.57. The zero-order valence-corrected chi connectivity index (χ0v) is 17.9. The number of fused-ring (bicyclic) bond motifs is 6. The molecule has 3 aromatic carbocycles. The number of rotatable bonds is 3. The van der Waals surface area contributed by atoms with Crippen molar-refractivity contribution >= 4 is 23.6 Å². The molecule has 2 aliphatic rings. The van der Waals surface area contributed by atoms with E-state index in [1.807, 2.05) is 0 Å². The van der Waals surface area contributed by atoms with Crippen molar-refractivity contribution in [3.05, 3.63) is 87.3 Å². The van der Waals surface area contributed by atoms with Gasteiger partial charge in [-0.25, -0.2) is 4.79 Å². The molecule has 0 saturated heterocycles. The van der Waals surface area contributed by atoms with Crippen LogP contribution in [0.4, 0.5) is 5.69 Å². The summed E-state index contributed by atoms with van der Waals surface area (Å²) >= 11 is 0. The molecule has 0 amide bonds. The second-order valence-corrected chi connectivity index (χ2v) is 7.57. The number of carbonyl (C=O) groups is 3. The highest BCUT2D eigenvalue weighted by molar-refractivity contribution is 5.98. The number of esters is 3. The first-order valence-electron chi connectivity index (χ1n) is 10.1. The second kappa shape index (κ2) is 7.65. The summed E-state index contributed by atoms with van der Waals surface area (Å²) in [6.07, 6.45) is 0. The average molecular weight is 457 g/mol. The largest absolute Gasteiger partial charge is 0.456 e. The van der Waals surface area contributed by atoms with Gasteiger partial charge in [-0.2, -0.15) is 0 Å². The minimum Gasteiger partial charge on any atom is -0.456 e. The van der Waals surface area contributed by atoms with Crippen molar-refractivity contribution < 1.29 is 33.3 Å². The number of ether oxygens (including phenoxy) is 4. The van der Waals surface area contributed by atoms with Crippen molar-refractivity contribution in [2.45, 2.75) is 19.4 Å². The molecule has 0 aromatic heterocycles. The summed E-state index contributed by atoms with van der Waals surface area (Å²) < 4.78 is 22.4. The van der Waals surface area contributed by atoms with Gasteiger partial charge in [0, 0.05) is 41.5 Å². The van der Waals surface area contributed by atoms with E-state index in [0.29, 0.717) is 28.2 Å². The van der Waals surface area contributed by atoms with Crippen LogP contribution in [0.3, 0.4) is 0 Å². The van der Waals surface area contributed by atoms with Gasteiger partial charge in [-0.1, -0.05) is 23.3 Å². The summed E-state index contributed by atoms with van der Waals surface area (Å²) in [5, 5.41) is 3.65. The fourth-order valence-electron chi connectivity index (χ4n) is 4.26. The van der Waals surface area contributed by atoms with Crippen LogP contribution in [0, 0.1) is 0 Å². The first-order valence-corrected chi connectivity index (χ1v) is 10.1. The highest BCUT2D eigenvalue weighted by Crippen LogP contribution is 2.57. The first-order chi connectivity index (χ1) is 16.3. The minimum atomic E-state index is -1.44. The van der Waals surface area contributed by atoms with Gasteiger partial charge in [0.25, 0.3) is 0 Å². The molecule has 5 rings (SSSR count). The van der Waals surface area contributed by atoms with Gasteiger partial charge in [0.2, 0.25) is 0 Å². The maximum atomic E-state index is 13.1. The molecule has 10 heteroatoms. The number of benzene rings is 3. The Labute approximate surface area is 192 Å². The Morgan fingerprint density at radius 3 is 2.41 bits per heavy atom. The topological polar surface area (TPSA) is 137 Å². The lowest BCUT2D eigenvalue weighted by atomic mass is 9.77. The van der Waals surface area contributed by atoms with Crippen molar-refractivity contribution in [1.29, 1.82) is 0 Å². The van der Waals surface area contributed by atoms with Crippen molar-refractivity contribution in [2.75, 3.05) is 0 Å². The standard InChI is InChI=1S/C24H15N3O7/c1-12(28)31-14-7-8-17-21(9-14)33-20-6-4-3-5-16(20)24(17)18-11-19(26-27-25)22(32-13(2)29)10-15(18)23(30)34-24/h3-11H,1-2H3. The average Bonchev–Trinajstić information content (AvgIpc) is 3.05. The molecule has 0 aliphatic carbocycles. The molecule has 3 aromatic rings. The monoisotopic (exact) mass is 457 g/mol. The molecule has 1 atom stereocenters. The van der Waals surface area contributed by atoms with Gasteiger partial charge in [-0.15, -0.1) is 0 Å². The number of para-hydroxylation sites is 1. The summed E-state index contributed by atoms with van der Waals surface area (Å²) in [6, 6.07) is 14.5. The van der Waals surface area contributed by atoms with Gasteiger partial charge >= 0.3 is 17.9 Å². The Morgan fingerprint density at radius 1 is 0.941 bits per heavy atom. The highest BCUT2D eigenvalue weighted by Gasteiger charge is 2.54.